The van der Waals surface area contributed by atoms with E-state index in [0.29, 0.717) is 6.54 Å². The summed E-state index contributed by atoms with van der Waals surface area (Å²) in [5, 5.41) is 0. The number of ether oxygens (including phenoxy) is 1. The van der Waals surface area contributed by atoms with Gasteiger partial charge in [-0.2, -0.15) is 0 Å². The molecule has 0 unspecified atom stereocenters. The summed E-state index contributed by atoms with van der Waals surface area (Å²) in [7, 11) is 1.78. The Morgan fingerprint density at radius 1 is 1.25 bits per heavy atom. The Labute approximate surface area is 166 Å². The quantitative estimate of drug-likeness (QED) is 0.722. The number of rotatable bonds is 5. The van der Waals surface area contributed by atoms with Crippen molar-refractivity contribution in [1.82, 2.24) is 9.80 Å². The topological polar surface area (TPSA) is 49.9 Å². The van der Waals surface area contributed by atoms with Gasteiger partial charge < -0.3 is 9.64 Å². The number of halogens is 1. The molecule has 2 aliphatic heterocycles. The molecule has 2 bridgehead atoms. The first-order valence-electron chi connectivity index (χ1n) is 10.1. The van der Waals surface area contributed by atoms with E-state index in [0.717, 1.165) is 24.8 Å². The standard InChI is InChI=1S/C22H31FN2O3/c1-14(15-6-8-16(23)9-7-15)24(5)20(26)13-25-17-10-11-19(25)18(12-17)21(27)28-22(2,3)4/h6-9,14,17-19H,10-13H2,1-5H3/t14-,17-,18+,19-/m0/s1. The fraction of sp³-hybridized carbons (Fsp3) is 0.636. The highest BCUT2D eigenvalue weighted by atomic mass is 19.1. The molecule has 4 atom stereocenters. The average molecular weight is 390 g/mol. The number of amides is 1. The number of fused-ring (bicyclic) bond motifs is 2. The van der Waals surface area contributed by atoms with Gasteiger partial charge in [-0.15, -0.1) is 0 Å². The van der Waals surface area contributed by atoms with Crippen molar-refractivity contribution in [3.05, 3.63) is 35.6 Å². The molecule has 6 heteroatoms. The molecule has 3 rings (SSSR count). The summed E-state index contributed by atoms with van der Waals surface area (Å²) in [5.41, 5.74) is 0.401. The van der Waals surface area contributed by atoms with Crippen molar-refractivity contribution in [2.45, 2.75) is 70.7 Å². The monoisotopic (exact) mass is 390 g/mol. The van der Waals surface area contributed by atoms with Crippen molar-refractivity contribution >= 4 is 11.9 Å². The maximum atomic E-state index is 13.2. The first-order valence-corrected chi connectivity index (χ1v) is 10.1. The Balaban J connectivity index is 1.62. The van der Waals surface area contributed by atoms with Gasteiger partial charge in [0, 0.05) is 19.1 Å². The molecule has 0 N–H and O–H groups in total. The van der Waals surface area contributed by atoms with Crippen LogP contribution in [0.15, 0.2) is 24.3 Å². The van der Waals surface area contributed by atoms with Crippen molar-refractivity contribution < 1.29 is 18.7 Å². The second-order valence-electron chi connectivity index (χ2n) is 9.08. The zero-order chi connectivity index (χ0) is 20.6. The van der Waals surface area contributed by atoms with Gasteiger partial charge in [-0.1, -0.05) is 12.1 Å². The lowest BCUT2D eigenvalue weighted by Gasteiger charge is -2.30. The van der Waals surface area contributed by atoms with E-state index >= 15 is 0 Å². The van der Waals surface area contributed by atoms with Gasteiger partial charge in [0.05, 0.1) is 18.5 Å². The molecule has 2 aliphatic rings. The van der Waals surface area contributed by atoms with Gasteiger partial charge in [0.15, 0.2) is 0 Å². The van der Waals surface area contributed by atoms with E-state index < -0.39 is 5.60 Å². The van der Waals surface area contributed by atoms with Crippen molar-refractivity contribution in [3.63, 3.8) is 0 Å². The van der Waals surface area contributed by atoms with E-state index in [1.165, 1.54) is 12.1 Å². The zero-order valence-electron chi connectivity index (χ0n) is 17.4. The Kier molecular flexibility index (Phi) is 5.80. The van der Waals surface area contributed by atoms with Crippen LogP contribution in [0.5, 0.6) is 0 Å². The molecular weight excluding hydrogens is 359 g/mol. The fourth-order valence-corrected chi connectivity index (χ4v) is 4.43. The molecule has 0 aliphatic carbocycles. The molecule has 2 fully saturated rings. The highest BCUT2D eigenvalue weighted by Gasteiger charge is 2.50. The summed E-state index contributed by atoms with van der Waals surface area (Å²) in [6, 6.07) is 6.45. The van der Waals surface area contributed by atoms with E-state index in [9.17, 15) is 14.0 Å². The average Bonchev–Trinajstić information content (AvgIpc) is 3.16. The second-order valence-corrected chi connectivity index (χ2v) is 9.08. The first kappa shape index (κ1) is 20.8. The van der Waals surface area contributed by atoms with E-state index in [4.69, 9.17) is 4.74 Å². The largest absolute Gasteiger partial charge is 0.460 e. The van der Waals surface area contributed by atoms with E-state index in [2.05, 4.69) is 4.90 Å². The third-order valence-corrected chi connectivity index (χ3v) is 6.04. The third kappa shape index (κ3) is 4.37. The van der Waals surface area contributed by atoms with Crippen LogP contribution < -0.4 is 0 Å². The predicted molar refractivity (Wildman–Crippen MR) is 105 cm³/mol. The second kappa shape index (κ2) is 7.82. The van der Waals surface area contributed by atoms with Gasteiger partial charge in [0.25, 0.3) is 0 Å². The van der Waals surface area contributed by atoms with Gasteiger partial charge >= 0.3 is 5.97 Å². The predicted octanol–water partition coefficient (Wildman–Crippen LogP) is 3.54. The van der Waals surface area contributed by atoms with E-state index in [1.54, 1.807) is 24.1 Å². The van der Waals surface area contributed by atoms with Crippen LogP contribution in [0.1, 0.15) is 58.6 Å². The lowest BCUT2D eigenvalue weighted by atomic mass is 9.89. The Bertz CT molecular complexity index is 728. The molecular formula is C22H31FN2O3. The molecule has 0 aromatic heterocycles. The van der Waals surface area contributed by atoms with Crippen molar-refractivity contribution in [3.8, 4) is 0 Å². The molecule has 0 saturated carbocycles. The third-order valence-electron chi connectivity index (χ3n) is 6.04. The molecule has 28 heavy (non-hydrogen) atoms. The minimum Gasteiger partial charge on any atom is -0.460 e. The Morgan fingerprint density at radius 2 is 1.89 bits per heavy atom. The number of benzene rings is 1. The summed E-state index contributed by atoms with van der Waals surface area (Å²) >= 11 is 0. The molecule has 1 aromatic rings. The normalized spacial score (nSPS) is 25.6. The Hall–Kier alpha value is -1.95. The highest BCUT2D eigenvalue weighted by molar-refractivity contribution is 5.79. The minimum atomic E-state index is -0.496. The number of hydrogen-bond donors (Lipinski definition) is 0. The molecule has 1 amide bonds. The van der Waals surface area contributed by atoms with Crippen LogP contribution in [0.2, 0.25) is 0 Å². The first-order chi connectivity index (χ1) is 13.1. The molecule has 5 nitrogen and oxygen atoms in total. The van der Waals surface area contributed by atoms with Crippen LogP contribution in [0, 0.1) is 11.7 Å². The van der Waals surface area contributed by atoms with Crippen LogP contribution in [0.25, 0.3) is 0 Å². The number of esters is 1. The van der Waals surface area contributed by atoms with Crippen LogP contribution in [0.4, 0.5) is 4.39 Å². The Morgan fingerprint density at radius 3 is 2.50 bits per heavy atom. The van der Waals surface area contributed by atoms with Gasteiger partial charge in [-0.25, -0.2) is 4.39 Å². The number of likely N-dealkylation sites (N-methyl/N-ethyl adjacent to an activating group) is 1. The van der Waals surface area contributed by atoms with E-state index in [-0.39, 0.29) is 41.7 Å². The van der Waals surface area contributed by atoms with Crippen LogP contribution >= 0.6 is 0 Å². The molecule has 1 aromatic carbocycles. The van der Waals surface area contributed by atoms with Gasteiger partial charge in [0.2, 0.25) is 5.91 Å². The molecule has 0 spiro atoms. The smallest absolute Gasteiger partial charge is 0.311 e. The summed E-state index contributed by atoms with van der Waals surface area (Å²) in [5.74, 6) is -0.568. The molecule has 2 heterocycles. The van der Waals surface area contributed by atoms with E-state index in [1.807, 2.05) is 27.7 Å². The summed E-state index contributed by atoms with van der Waals surface area (Å²) in [6.45, 7) is 7.88. The van der Waals surface area contributed by atoms with Gasteiger partial charge in [-0.05, 0) is 64.7 Å². The zero-order valence-corrected chi connectivity index (χ0v) is 17.4. The van der Waals surface area contributed by atoms with Crippen LogP contribution in [0.3, 0.4) is 0 Å². The number of carbonyl (C=O) groups is 2. The maximum absolute atomic E-state index is 13.2. The molecule has 154 valence electrons. The van der Waals surface area contributed by atoms with Crippen molar-refractivity contribution in [2.75, 3.05) is 13.6 Å². The van der Waals surface area contributed by atoms with Crippen LogP contribution in [-0.2, 0) is 14.3 Å². The lowest BCUT2D eigenvalue weighted by molar-refractivity contribution is -0.161. The highest BCUT2D eigenvalue weighted by Crippen LogP contribution is 2.42. The summed E-state index contributed by atoms with van der Waals surface area (Å²) < 4.78 is 18.7. The SMILES string of the molecule is C[C@@H](c1ccc(F)cc1)N(C)C(=O)CN1[C@H]2CC[C@H]1[C@H](C(=O)OC(C)(C)C)C2. The number of nitrogens with zero attached hydrogens (tertiary/aromatic N) is 2. The van der Waals surface area contributed by atoms with Gasteiger partial charge in [-0.3, -0.25) is 14.5 Å². The van der Waals surface area contributed by atoms with Crippen molar-refractivity contribution in [1.29, 1.82) is 0 Å². The maximum Gasteiger partial charge on any atom is 0.311 e. The van der Waals surface area contributed by atoms with Gasteiger partial charge in [0.1, 0.15) is 11.4 Å². The molecule has 0 radical (unpaired) electrons. The molecule has 2 saturated heterocycles. The van der Waals surface area contributed by atoms with Crippen LogP contribution in [-0.4, -0.2) is 53.0 Å². The van der Waals surface area contributed by atoms with Crippen molar-refractivity contribution in [2.24, 2.45) is 5.92 Å². The lowest BCUT2D eigenvalue weighted by Crippen LogP contribution is -2.43. The summed E-state index contributed by atoms with van der Waals surface area (Å²) in [6.07, 6.45) is 2.72. The number of carbonyl (C=O) groups excluding carboxylic acids is 2. The fourth-order valence-electron chi connectivity index (χ4n) is 4.43. The minimum absolute atomic E-state index is 0.0126. The number of hydrogen-bond acceptors (Lipinski definition) is 4. The summed E-state index contributed by atoms with van der Waals surface area (Å²) in [4.78, 5) is 29.3.